The van der Waals surface area contributed by atoms with E-state index in [1.54, 1.807) is 26.0 Å². The van der Waals surface area contributed by atoms with Crippen molar-refractivity contribution in [2.45, 2.75) is 42.7 Å². The van der Waals surface area contributed by atoms with Crippen molar-refractivity contribution in [3.63, 3.8) is 0 Å². The van der Waals surface area contributed by atoms with Crippen LogP contribution in [0.2, 0.25) is 0 Å². The number of alkyl halides is 3. The van der Waals surface area contributed by atoms with Gasteiger partial charge in [0.15, 0.2) is 0 Å². The summed E-state index contributed by atoms with van der Waals surface area (Å²) in [5.41, 5.74) is 1.05. The summed E-state index contributed by atoms with van der Waals surface area (Å²) in [6.07, 6.45) is 0.310. The van der Waals surface area contributed by atoms with E-state index in [4.69, 9.17) is 34.8 Å². The molecule has 1 aromatic rings. The topological polar surface area (TPSA) is 54.3 Å². The normalized spacial score (nSPS) is 24.7. The van der Waals surface area contributed by atoms with Crippen LogP contribution in [0.1, 0.15) is 31.9 Å². The zero-order valence-corrected chi connectivity index (χ0v) is 16.5. The van der Waals surface area contributed by atoms with Crippen molar-refractivity contribution in [2.75, 3.05) is 13.1 Å². The standard InChI is InChI=1S/C17H22Cl3N3O2/c1-10(2)15(25)21-16(17(18,19)20)22-7-11-6-12(9-22)13-4-3-5-14(24)23(13)8-11/h3-5,10-12,16H,6-9H2,1-2H3,(H,21,25). The highest BCUT2D eigenvalue weighted by Crippen LogP contribution is 2.39. The highest BCUT2D eigenvalue weighted by Gasteiger charge is 2.44. The third kappa shape index (κ3) is 4.00. The first-order valence-electron chi connectivity index (χ1n) is 8.47. The Labute approximate surface area is 162 Å². The van der Waals surface area contributed by atoms with E-state index in [-0.39, 0.29) is 29.2 Å². The van der Waals surface area contributed by atoms with Gasteiger partial charge in [0.25, 0.3) is 5.56 Å². The number of amides is 1. The number of hydrogen-bond donors (Lipinski definition) is 1. The molecule has 3 unspecified atom stereocenters. The molecule has 5 nitrogen and oxygen atoms in total. The lowest BCUT2D eigenvalue weighted by Crippen LogP contribution is -2.60. The van der Waals surface area contributed by atoms with Gasteiger partial charge >= 0.3 is 0 Å². The number of halogens is 3. The van der Waals surface area contributed by atoms with E-state index in [2.05, 4.69) is 5.32 Å². The van der Waals surface area contributed by atoms with Crippen molar-refractivity contribution in [2.24, 2.45) is 11.8 Å². The smallest absolute Gasteiger partial charge is 0.250 e. The van der Waals surface area contributed by atoms with Gasteiger partial charge in [-0.15, -0.1) is 0 Å². The van der Waals surface area contributed by atoms with Crippen molar-refractivity contribution in [3.05, 3.63) is 34.2 Å². The van der Waals surface area contributed by atoms with Gasteiger partial charge in [-0.3, -0.25) is 14.5 Å². The van der Waals surface area contributed by atoms with Gasteiger partial charge in [0, 0.05) is 43.2 Å². The number of rotatable bonds is 3. The van der Waals surface area contributed by atoms with Crippen molar-refractivity contribution in [1.82, 2.24) is 14.8 Å². The Balaban J connectivity index is 1.86. The van der Waals surface area contributed by atoms with E-state index < -0.39 is 9.96 Å². The molecule has 1 fully saturated rings. The van der Waals surface area contributed by atoms with Gasteiger partial charge in [0.2, 0.25) is 9.70 Å². The SMILES string of the molecule is CC(C)C(=O)NC(N1CC2CC(C1)c1cccc(=O)n1C2)C(Cl)(Cl)Cl. The number of pyridine rings is 1. The van der Waals surface area contributed by atoms with Crippen LogP contribution in [0.25, 0.3) is 0 Å². The molecule has 1 N–H and O–H groups in total. The third-order valence-corrected chi connectivity index (χ3v) is 5.61. The minimum atomic E-state index is -1.63. The van der Waals surface area contributed by atoms with Crippen LogP contribution in [0.4, 0.5) is 0 Å². The molecule has 8 heteroatoms. The molecule has 3 rings (SSSR count). The Morgan fingerprint density at radius 3 is 2.60 bits per heavy atom. The Hall–Kier alpha value is -0.750. The summed E-state index contributed by atoms with van der Waals surface area (Å²) in [6.45, 7) is 5.58. The van der Waals surface area contributed by atoms with Crippen LogP contribution in [-0.4, -0.2) is 38.4 Å². The second kappa shape index (κ2) is 7.10. The van der Waals surface area contributed by atoms with Crippen molar-refractivity contribution >= 4 is 40.7 Å². The summed E-state index contributed by atoms with van der Waals surface area (Å²) >= 11 is 18.5. The molecule has 25 heavy (non-hydrogen) atoms. The fraction of sp³-hybridized carbons (Fsp3) is 0.647. The highest BCUT2D eigenvalue weighted by atomic mass is 35.6. The van der Waals surface area contributed by atoms with Crippen molar-refractivity contribution in [1.29, 1.82) is 0 Å². The molecular weight excluding hydrogens is 385 g/mol. The first kappa shape index (κ1) is 19.0. The number of aromatic nitrogens is 1. The number of piperidine rings is 1. The summed E-state index contributed by atoms with van der Waals surface area (Å²) in [7, 11) is 0. The van der Waals surface area contributed by atoms with Gasteiger partial charge in [-0.2, -0.15) is 0 Å². The van der Waals surface area contributed by atoms with Gasteiger partial charge in [-0.25, -0.2) is 0 Å². The van der Waals surface area contributed by atoms with E-state index in [0.717, 1.165) is 12.1 Å². The monoisotopic (exact) mass is 405 g/mol. The van der Waals surface area contributed by atoms with Crippen LogP contribution in [0, 0.1) is 11.8 Å². The van der Waals surface area contributed by atoms with E-state index in [0.29, 0.717) is 19.6 Å². The molecule has 138 valence electrons. The van der Waals surface area contributed by atoms with E-state index >= 15 is 0 Å². The summed E-state index contributed by atoms with van der Waals surface area (Å²) in [5.74, 6) is 0.131. The molecule has 2 aliphatic heterocycles. The maximum atomic E-state index is 12.2. The summed E-state index contributed by atoms with van der Waals surface area (Å²) in [6, 6.07) is 5.37. The minimum absolute atomic E-state index is 0.0340. The zero-order valence-electron chi connectivity index (χ0n) is 14.2. The number of carbonyl (C=O) groups excluding carboxylic acids is 1. The Bertz CT molecular complexity index is 714. The first-order valence-corrected chi connectivity index (χ1v) is 9.61. The van der Waals surface area contributed by atoms with Gasteiger partial charge < -0.3 is 9.88 Å². The molecule has 0 radical (unpaired) electrons. The average molecular weight is 407 g/mol. The van der Waals surface area contributed by atoms with Gasteiger partial charge in [-0.05, 0) is 18.4 Å². The van der Waals surface area contributed by atoms with Crippen LogP contribution in [0.5, 0.6) is 0 Å². The molecule has 0 saturated carbocycles. The molecule has 2 bridgehead atoms. The van der Waals surface area contributed by atoms with Gasteiger partial charge in [0.1, 0.15) is 6.17 Å². The summed E-state index contributed by atoms with van der Waals surface area (Å²) in [4.78, 5) is 26.3. The maximum absolute atomic E-state index is 12.2. The number of fused-ring (bicyclic) bond motifs is 4. The van der Waals surface area contributed by atoms with Crippen molar-refractivity contribution in [3.8, 4) is 0 Å². The fourth-order valence-electron chi connectivity index (χ4n) is 3.83. The number of carbonyl (C=O) groups is 1. The number of hydrogen-bond acceptors (Lipinski definition) is 3. The molecule has 0 aliphatic carbocycles. The number of nitrogens with one attached hydrogen (secondary N) is 1. The van der Waals surface area contributed by atoms with E-state index in [1.807, 2.05) is 15.5 Å². The lowest BCUT2D eigenvalue weighted by Gasteiger charge is -2.47. The van der Waals surface area contributed by atoms with Gasteiger partial charge in [0.05, 0.1) is 0 Å². The Morgan fingerprint density at radius 2 is 1.96 bits per heavy atom. The summed E-state index contributed by atoms with van der Waals surface area (Å²) < 4.78 is 0.222. The van der Waals surface area contributed by atoms with E-state index in [1.165, 1.54) is 0 Å². The van der Waals surface area contributed by atoms with Crippen LogP contribution >= 0.6 is 34.8 Å². The second-order valence-corrected chi connectivity index (χ2v) is 9.63. The molecule has 0 aromatic carbocycles. The largest absolute Gasteiger partial charge is 0.336 e. The molecule has 1 saturated heterocycles. The lowest BCUT2D eigenvalue weighted by molar-refractivity contribution is -0.126. The van der Waals surface area contributed by atoms with Crippen LogP contribution in [0.15, 0.2) is 23.0 Å². The predicted octanol–water partition coefficient (Wildman–Crippen LogP) is 2.74. The molecule has 1 aromatic heterocycles. The molecule has 3 atom stereocenters. The molecule has 3 heterocycles. The molecular formula is C17H22Cl3N3O2. The average Bonchev–Trinajstić information content (AvgIpc) is 2.52. The minimum Gasteiger partial charge on any atom is -0.336 e. The Kier molecular flexibility index (Phi) is 5.41. The first-order chi connectivity index (χ1) is 11.7. The lowest BCUT2D eigenvalue weighted by atomic mass is 9.83. The predicted molar refractivity (Wildman–Crippen MR) is 100 cm³/mol. The zero-order chi connectivity index (χ0) is 18.4. The van der Waals surface area contributed by atoms with Crippen LogP contribution < -0.4 is 10.9 Å². The quantitative estimate of drug-likeness (QED) is 0.785. The molecule has 1 amide bonds. The van der Waals surface area contributed by atoms with Crippen LogP contribution in [0.3, 0.4) is 0 Å². The van der Waals surface area contributed by atoms with E-state index in [9.17, 15) is 9.59 Å². The maximum Gasteiger partial charge on any atom is 0.250 e. The number of likely N-dealkylation sites (tertiary alicyclic amines) is 1. The third-order valence-electron chi connectivity index (χ3n) is 4.99. The molecule has 2 aliphatic rings. The summed E-state index contributed by atoms with van der Waals surface area (Å²) in [5, 5.41) is 2.87. The van der Waals surface area contributed by atoms with Crippen molar-refractivity contribution < 1.29 is 4.79 Å². The van der Waals surface area contributed by atoms with Crippen LogP contribution in [-0.2, 0) is 11.3 Å². The Morgan fingerprint density at radius 1 is 1.24 bits per heavy atom. The van der Waals surface area contributed by atoms with Gasteiger partial charge in [-0.1, -0.05) is 54.7 Å². The second-order valence-electron chi connectivity index (χ2n) is 7.26. The number of nitrogens with zero attached hydrogens (tertiary/aromatic N) is 2. The fourth-order valence-corrected chi connectivity index (χ4v) is 4.40. The molecule has 0 spiro atoms. The highest BCUT2D eigenvalue weighted by molar-refractivity contribution is 6.68.